The number of allylic oxidation sites excluding steroid dienone is 1. The van der Waals surface area contributed by atoms with Crippen molar-refractivity contribution in [3.8, 4) is 6.07 Å². The van der Waals surface area contributed by atoms with Crippen LogP contribution in [0.3, 0.4) is 0 Å². The van der Waals surface area contributed by atoms with Gasteiger partial charge in [0.15, 0.2) is 0 Å². The van der Waals surface area contributed by atoms with E-state index in [0.29, 0.717) is 0 Å². The lowest BCUT2D eigenvalue weighted by Crippen LogP contribution is -2.07. The highest BCUT2D eigenvalue weighted by atomic mass is 16.5. The first-order valence-corrected chi connectivity index (χ1v) is 3.73. The molecule has 3 nitrogen and oxygen atoms in total. The summed E-state index contributed by atoms with van der Waals surface area (Å²) >= 11 is 0. The monoisotopic (exact) mass is 167 g/mol. The molecule has 0 saturated heterocycles. The van der Waals surface area contributed by atoms with Gasteiger partial charge in [-0.05, 0) is 18.4 Å². The van der Waals surface area contributed by atoms with E-state index in [1.54, 1.807) is 6.92 Å². The number of carbonyl (C=O) groups excluding carboxylic acids is 1. The molecule has 0 aliphatic rings. The molecule has 0 heterocycles. The number of nitrogens with zero attached hydrogens (tertiary/aromatic N) is 1. The molecule has 0 saturated carbocycles. The van der Waals surface area contributed by atoms with E-state index in [4.69, 9.17) is 5.26 Å². The molecule has 0 spiro atoms. The van der Waals surface area contributed by atoms with Crippen LogP contribution in [0.1, 0.15) is 20.8 Å². The quantitative estimate of drug-likeness (QED) is 0.357. The van der Waals surface area contributed by atoms with Crippen LogP contribution in [0.15, 0.2) is 11.1 Å². The topological polar surface area (TPSA) is 50.1 Å². The van der Waals surface area contributed by atoms with Crippen LogP contribution in [0.25, 0.3) is 0 Å². The van der Waals surface area contributed by atoms with E-state index >= 15 is 0 Å². The van der Waals surface area contributed by atoms with Crippen molar-refractivity contribution >= 4 is 5.97 Å². The molecule has 66 valence electrons. The average molecular weight is 167 g/mol. The van der Waals surface area contributed by atoms with Gasteiger partial charge in [0.05, 0.1) is 7.11 Å². The SMILES string of the molecule is COC(=O)/C(C#N)=C(\C)C(C)C. The second-order valence-electron chi connectivity index (χ2n) is 2.82. The number of methoxy groups -OCH3 is 1. The fraction of sp³-hybridized carbons (Fsp3) is 0.556. The summed E-state index contributed by atoms with van der Waals surface area (Å²) in [7, 11) is 1.27. The van der Waals surface area contributed by atoms with Crippen molar-refractivity contribution < 1.29 is 9.53 Å². The fourth-order valence-electron chi connectivity index (χ4n) is 0.686. The number of rotatable bonds is 2. The Morgan fingerprint density at radius 2 is 2.00 bits per heavy atom. The van der Waals surface area contributed by atoms with Gasteiger partial charge < -0.3 is 4.74 Å². The van der Waals surface area contributed by atoms with E-state index < -0.39 is 5.97 Å². The van der Waals surface area contributed by atoms with Gasteiger partial charge in [-0.2, -0.15) is 5.26 Å². The van der Waals surface area contributed by atoms with Crippen molar-refractivity contribution in [3.05, 3.63) is 11.1 Å². The number of nitriles is 1. The van der Waals surface area contributed by atoms with Crippen LogP contribution in [0, 0.1) is 17.2 Å². The molecule has 12 heavy (non-hydrogen) atoms. The third-order valence-corrected chi connectivity index (χ3v) is 1.76. The van der Waals surface area contributed by atoms with Crippen LogP contribution < -0.4 is 0 Å². The summed E-state index contributed by atoms with van der Waals surface area (Å²) in [4.78, 5) is 11.0. The highest BCUT2D eigenvalue weighted by Gasteiger charge is 2.14. The van der Waals surface area contributed by atoms with Crippen molar-refractivity contribution in [2.75, 3.05) is 7.11 Å². The molecule has 0 aliphatic heterocycles. The molecule has 0 aromatic heterocycles. The maximum atomic E-state index is 11.0. The maximum Gasteiger partial charge on any atom is 0.348 e. The van der Waals surface area contributed by atoms with Gasteiger partial charge in [-0.1, -0.05) is 13.8 Å². The molecule has 0 atom stereocenters. The summed E-state index contributed by atoms with van der Waals surface area (Å²) < 4.78 is 4.46. The van der Waals surface area contributed by atoms with E-state index in [0.717, 1.165) is 5.57 Å². The lowest BCUT2D eigenvalue weighted by molar-refractivity contribution is -0.135. The number of carbonyl (C=O) groups is 1. The minimum atomic E-state index is -0.552. The number of esters is 1. The first-order valence-electron chi connectivity index (χ1n) is 3.73. The van der Waals surface area contributed by atoms with Crippen molar-refractivity contribution in [2.45, 2.75) is 20.8 Å². The van der Waals surface area contributed by atoms with E-state index in [1.807, 2.05) is 19.9 Å². The zero-order valence-electron chi connectivity index (χ0n) is 7.84. The largest absolute Gasteiger partial charge is 0.465 e. The summed E-state index contributed by atoms with van der Waals surface area (Å²) in [5, 5.41) is 8.64. The summed E-state index contributed by atoms with van der Waals surface area (Å²) in [6.45, 7) is 5.62. The Bertz CT molecular complexity index is 246. The van der Waals surface area contributed by atoms with E-state index in [-0.39, 0.29) is 11.5 Å². The highest BCUT2D eigenvalue weighted by molar-refractivity contribution is 5.93. The maximum absolute atomic E-state index is 11.0. The number of ether oxygens (including phenoxy) is 1. The lowest BCUT2D eigenvalue weighted by atomic mass is 10.00. The van der Waals surface area contributed by atoms with Crippen LogP contribution in [0.4, 0.5) is 0 Å². The van der Waals surface area contributed by atoms with Crippen LogP contribution >= 0.6 is 0 Å². The molecule has 0 amide bonds. The van der Waals surface area contributed by atoms with Gasteiger partial charge in [-0.3, -0.25) is 0 Å². The summed E-state index contributed by atoms with van der Waals surface area (Å²) in [6, 6.07) is 1.84. The second kappa shape index (κ2) is 4.55. The molecule has 0 bridgehead atoms. The Morgan fingerprint density at radius 1 is 1.50 bits per heavy atom. The Morgan fingerprint density at radius 3 is 2.25 bits per heavy atom. The third-order valence-electron chi connectivity index (χ3n) is 1.76. The van der Waals surface area contributed by atoms with Crippen molar-refractivity contribution in [1.82, 2.24) is 0 Å². The van der Waals surface area contributed by atoms with E-state index in [2.05, 4.69) is 4.74 Å². The lowest BCUT2D eigenvalue weighted by Gasteiger charge is -2.06. The number of hydrogen-bond donors (Lipinski definition) is 0. The Hall–Kier alpha value is -1.30. The van der Waals surface area contributed by atoms with E-state index in [1.165, 1.54) is 7.11 Å². The van der Waals surface area contributed by atoms with Crippen LogP contribution in [0.5, 0.6) is 0 Å². The van der Waals surface area contributed by atoms with Gasteiger partial charge in [-0.15, -0.1) is 0 Å². The van der Waals surface area contributed by atoms with Gasteiger partial charge in [0, 0.05) is 0 Å². The van der Waals surface area contributed by atoms with Crippen LogP contribution in [-0.2, 0) is 9.53 Å². The Balaban J connectivity index is 4.90. The first kappa shape index (κ1) is 10.7. The van der Waals surface area contributed by atoms with E-state index in [9.17, 15) is 4.79 Å². The molecule has 0 rings (SSSR count). The molecule has 0 fully saturated rings. The predicted molar refractivity (Wildman–Crippen MR) is 45.2 cm³/mol. The Labute approximate surface area is 72.6 Å². The van der Waals surface area contributed by atoms with Gasteiger partial charge in [0.1, 0.15) is 11.6 Å². The minimum absolute atomic E-state index is 0.118. The summed E-state index contributed by atoms with van der Waals surface area (Å²) in [5.74, 6) is -0.359. The van der Waals surface area contributed by atoms with Crippen LogP contribution in [0.2, 0.25) is 0 Å². The van der Waals surface area contributed by atoms with Crippen molar-refractivity contribution in [2.24, 2.45) is 5.92 Å². The smallest absolute Gasteiger partial charge is 0.348 e. The molecular formula is C9H13NO2. The van der Waals surface area contributed by atoms with Crippen LogP contribution in [-0.4, -0.2) is 13.1 Å². The molecular weight excluding hydrogens is 154 g/mol. The Kier molecular flexibility index (Phi) is 4.06. The molecule has 0 aromatic rings. The molecule has 0 aromatic carbocycles. The third kappa shape index (κ3) is 2.39. The van der Waals surface area contributed by atoms with Gasteiger partial charge in [-0.25, -0.2) is 4.79 Å². The normalized spacial score (nSPS) is 12.0. The highest BCUT2D eigenvalue weighted by Crippen LogP contribution is 2.14. The fourth-order valence-corrected chi connectivity index (χ4v) is 0.686. The average Bonchev–Trinajstić information content (AvgIpc) is 2.05. The molecule has 0 N–H and O–H groups in total. The zero-order chi connectivity index (χ0) is 9.72. The van der Waals surface area contributed by atoms with Gasteiger partial charge in [0.25, 0.3) is 0 Å². The molecule has 0 unspecified atom stereocenters. The minimum Gasteiger partial charge on any atom is -0.465 e. The predicted octanol–water partition coefficient (Wildman–Crippen LogP) is 1.66. The first-order chi connectivity index (χ1) is 5.54. The van der Waals surface area contributed by atoms with Gasteiger partial charge in [0.2, 0.25) is 0 Å². The van der Waals surface area contributed by atoms with Crippen molar-refractivity contribution in [1.29, 1.82) is 5.26 Å². The summed E-state index contributed by atoms with van der Waals surface area (Å²) in [5.41, 5.74) is 0.886. The zero-order valence-corrected chi connectivity index (χ0v) is 7.84. The number of hydrogen-bond acceptors (Lipinski definition) is 3. The summed E-state index contributed by atoms with van der Waals surface area (Å²) in [6.07, 6.45) is 0. The second-order valence-corrected chi connectivity index (χ2v) is 2.82. The molecule has 0 radical (unpaired) electrons. The van der Waals surface area contributed by atoms with Gasteiger partial charge >= 0.3 is 5.97 Å². The molecule has 0 aliphatic carbocycles. The van der Waals surface area contributed by atoms with Crippen molar-refractivity contribution in [3.63, 3.8) is 0 Å². The standard InChI is InChI=1S/C9H13NO2/c1-6(2)7(3)8(5-10)9(11)12-4/h6H,1-4H3/b8-7+. The molecule has 3 heteroatoms.